The van der Waals surface area contributed by atoms with Crippen molar-refractivity contribution in [2.45, 2.75) is 25.8 Å². The van der Waals surface area contributed by atoms with E-state index in [0.29, 0.717) is 35.7 Å². The third-order valence-electron chi connectivity index (χ3n) is 6.35. The molecule has 0 unspecified atom stereocenters. The summed E-state index contributed by atoms with van der Waals surface area (Å²) >= 11 is 0. The highest BCUT2D eigenvalue weighted by atomic mass is 16.5. The molecule has 2 aromatic carbocycles. The topological polar surface area (TPSA) is 85.4 Å². The minimum Gasteiger partial charge on any atom is -0.496 e. The van der Waals surface area contributed by atoms with Gasteiger partial charge >= 0.3 is 6.01 Å². The molecule has 1 N–H and O–H groups in total. The highest BCUT2D eigenvalue weighted by Crippen LogP contribution is 2.46. The smallest absolute Gasteiger partial charge is 0.317 e. The van der Waals surface area contributed by atoms with Crippen LogP contribution in [-0.4, -0.2) is 65.5 Å². The minimum absolute atomic E-state index is 0.352. The molecule has 5 rings (SSSR count). The zero-order valence-corrected chi connectivity index (χ0v) is 18.8. The summed E-state index contributed by atoms with van der Waals surface area (Å²) in [5, 5.41) is 9.09. The number of aryl methyl sites for hydroxylation is 1. The zero-order valence-electron chi connectivity index (χ0n) is 18.8. The van der Waals surface area contributed by atoms with Gasteiger partial charge in [0.1, 0.15) is 17.9 Å². The molecule has 0 amide bonds. The molecule has 1 fully saturated rings. The SMILES string of the molecule is COc1cc2cnc(OC[C@@H]3CCCN3C)nc2c(OC)c1-c1c(C)ccc2[nH]ncc12. The Balaban J connectivity index is 1.65. The van der Waals surface area contributed by atoms with Gasteiger partial charge in [-0.1, -0.05) is 6.07 Å². The first-order valence-corrected chi connectivity index (χ1v) is 10.8. The number of rotatable bonds is 6. The van der Waals surface area contributed by atoms with Gasteiger partial charge in [0.2, 0.25) is 0 Å². The number of nitrogens with one attached hydrogen (secondary N) is 1. The highest BCUT2D eigenvalue weighted by molar-refractivity contribution is 6.04. The van der Waals surface area contributed by atoms with Gasteiger partial charge in [-0.05, 0) is 51.1 Å². The number of likely N-dealkylation sites (tertiary alicyclic amines) is 1. The Morgan fingerprint density at radius 1 is 1.16 bits per heavy atom. The molecule has 0 bridgehead atoms. The van der Waals surface area contributed by atoms with E-state index in [1.807, 2.05) is 18.3 Å². The third kappa shape index (κ3) is 3.40. The maximum atomic E-state index is 5.99. The predicted molar refractivity (Wildman–Crippen MR) is 124 cm³/mol. The summed E-state index contributed by atoms with van der Waals surface area (Å²) in [4.78, 5) is 11.5. The van der Waals surface area contributed by atoms with Gasteiger partial charge in [0.05, 0.1) is 31.5 Å². The minimum atomic E-state index is 0.352. The number of hydrogen-bond donors (Lipinski definition) is 1. The Hall–Kier alpha value is -3.39. The summed E-state index contributed by atoms with van der Waals surface area (Å²) < 4.78 is 17.7. The Kier molecular flexibility index (Phi) is 5.30. The fourth-order valence-electron chi connectivity index (χ4n) is 4.59. The first-order chi connectivity index (χ1) is 15.6. The molecule has 1 saturated heterocycles. The lowest BCUT2D eigenvalue weighted by Crippen LogP contribution is -2.30. The van der Waals surface area contributed by atoms with Gasteiger partial charge in [-0.2, -0.15) is 10.1 Å². The second-order valence-corrected chi connectivity index (χ2v) is 8.25. The molecule has 3 heterocycles. The van der Waals surface area contributed by atoms with Crippen LogP contribution < -0.4 is 14.2 Å². The first kappa shape index (κ1) is 20.5. The van der Waals surface area contributed by atoms with Gasteiger partial charge in [0.25, 0.3) is 0 Å². The molecule has 0 saturated carbocycles. The summed E-state index contributed by atoms with van der Waals surface area (Å²) in [7, 11) is 5.44. The van der Waals surface area contributed by atoms with Crippen LogP contribution in [0.2, 0.25) is 0 Å². The molecule has 0 aliphatic carbocycles. The molecule has 0 radical (unpaired) electrons. The number of methoxy groups -OCH3 is 2. The number of H-pyrrole nitrogens is 1. The first-order valence-electron chi connectivity index (χ1n) is 10.8. The molecule has 8 heteroatoms. The van der Waals surface area contributed by atoms with Crippen LogP contribution in [0.3, 0.4) is 0 Å². The van der Waals surface area contributed by atoms with Crippen molar-refractivity contribution < 1.29 is 14.2 Å². The lowest BCUT2D eigenvalue weighted by atomic mass is 9.94. The number of benzene rings is 2. The second kappa shape index (κ2) is 8.27. The van der Waals surface area contributed by atoms with Crippen LogP contribution in [0.15, 0.2) is 30.6 Å². The standard InChI is InChI=1S/C24H27N5O3/c1-14-7-8-18-17(12-26-28-18)20(14)21-19(30-3)10-15-11-25-24(27-22(15)23(21)31-4)32-13-16-6-5-9-29(16)2/h7-8,10-12,16H,5-6,9,13H2,1-4H3,(H,26,28)/t16-/m0/s1. The van der Waals surface area contributed by atoms with Crippen LogP contribution in [-0.2, 0) is 0 Å². The van der Waals surface area contributed by atoms with Crippen molar-refractivity contribution in [3.8, 4) is 28.6 Å². The Morgan fingerprint density at radius 3 is 2.78 bits per heavy atom. The van der Waals surface area contributed by atoms with Gasteiger partial charge in [-0.3, -0.25) is 5.10 Å². The van der Waals surface area contributed by atoms with Crippen LogP contribution in [0.5, 0.6) is 17.5 Å². The molecular weight excluding hydrogens is 406 g/mol. The van der Waals surface area contributed by atoms with E-state index in [-0.39, 0.29) is 0 Å². The number of likely N-dealkylation sites (N-methyl/N-ethyl adjacent to an activating group) is 1. The summed E-state index contributed by atoms with van der Waals surface area (Å²) in [5.74, 6) is 1.32. The van der Waals surface area contributed by atoms with E-state index in [0.717, 1.165) is 45.9 Å². The van der Waals surface area contributed by atoms with Gasteiger partial charge < -0.3 is 19.1 Å². The van der Waals surface area contributed by atoms with Crippen molar-refractivity contribution in [3.63, 3.8) is 0 Å². The lowest BCUT2D eigenvalue weighted by molar-refractivity contribution is 0.188. The van der Waals surface area contributed by atoms with Crippen LogP contribution in [0.1, 0.15) is 18.4 Å². The molecule has 166 valence electrons. The average molecular weight is 434 g/mol. The zero-order chi connectivity index (χ0) is 22.2. The number of aromatic amines is 1. The quantitative estimate of drug-likeness (QED) is 0.492. The molecule has 0 spiro atoms. The molecule has 4 aromatic rings. The van der Waals surface area contributed by atoms with Crippen molar-refractivity contribution in [3.05, 3.63) is 36.2 Å². The monoisotopic (exact) mass is 433 g/mol. The third-order valence-corrected chi connectivity index (χ3v) is 6.35. The van der Waals surface area contributed by atoms with Crippen molar-refractivity contribution >= 4 is 21.8 Å². The summed E-state index contributed by atoms with van der Waals surface area (Å²) in [5.41, 5.74) is 4.56. The van der Waals surface area contributed by atoms with Crippen LogP contribution in [0.4, 0.5) is 0 Å². The maximum Gasteiger partial charge on any atom is 0.317 e. The molecule has 2 aromatic heterocycles. The Morgan fingerprint density at radius 2 is 2.03 bits per heavy atom. The summed E-state index contributed by atoms with van der Waals surface area (Å²) in [6.45, 7) is 3.74. The van der Waals surface area contributed by atoms with Crippen molar-refractivity contribution in [1.29, 1.82) is 0 Å². The van der Waals surface area contributed by atoms with Crippen molar-refractivity contribution in [1.82, 2.24) is 25.1 Å². The molecule has 1 aliphatic rings. The van der Waals surface area contributed by atoms with E-state index in [4.69, 9.17) is 19.2 Å². The van der Waals surface area contributed by atoms with Crippen LogP contribution in [0.25, 0.3) is 32.9 Å². The fourth-order valence-corrected chi connectivity index (χ4v) is 4.59. The van der Waals surface area contributed by atoms with E-state index in [9.17, 15) is 0 Å². The van der Waals surface area contributed by atoms with E-state index in [1.54, 1.807) is 20.4 Å². The molecule has 8 nitrogen and oxygen atoms in total. The van der Waals surface area contributed by atoms with E-state index >= 15 is 0 Å². The van der Waals surface area contributed by atoms with E-state index < -0.39 is 0 Å². The van der Waals surface area contributed by atoms with Gasteiger partial charge in [-0.15, -0.1) is 0 Å². The number of ether oxygens (including phenoxy) is 3. The van der Waals surface area contributed by atoms with Crippen LogP contribution in [0, 0.1) is 6.92 Å². The maximum absolute atomic E-state index is 5.99. The van der Waals surface area contributed by atoms with Gasteiger partial charge in [0.15, 0.2) is 5.75 Å². The molecule has 1 aliphatic heterocycles. The molecule has 1 atom stereocenters. The van der Waals surface area contributed by atoms with Crippen molar-refractivity contribution in [2.24, 2.45) is 0 Å². The fraction of sp³-hybridized carbons (Fsp3) is 0.375. The number of hydrogen-bond acceptors (Lipinski definition) is 7. The van der Waals surface area contributed by atoms with Gasteiger partial charge in [0, 0.05) is 28.6 Å². The Labute approximate surface area is 186 Å². The normalized spacial score (nSPS) is 16.7. The van der Waals surface area contributed by atoms with E-state index in [2.05, 4.69) is 40.1 Å². The second-order valence-electron chi connectivity index (χ2n) is 8.25. The van der Waals surface area contributed by atoms with Gasteiger partial charge in [-0.25, -0.2) is 4.98 Å². The number of fused-ring (bicyclic) bond motifs is 2. The largest absolute Gasteiger partial charge is 0.496 e. The Bertz CT molecular complexity index is 1290. The highest BCUT2D eigenvalue weighted by Gasteiger charge is 2.24. The summed E-state index contributed by atoms with van der Waals surface area (Å²) in [6.07, 6.45) is 5.91. The lowest BCUT2D eigenvalue weighted by Gasteiger charge is -2.20. The van der Waals surface area contributed by atoms with Crippen LogP contribution >= 0.6 is 0 Å². The predicted octanol–water partition coefficient (Wildman–Crippen LogP) is 3.97. The summed E-state index contributed by atoms with van der Waals surface area (Å²) in [6, 6.07) is 6.77. The average Bonchev–Trinajstić information content (AvgIpc) is 3.45. The number of aromatic nitrogens is 4. The van der Waals surface area contributed by atoms with Crippen molar-refractivity contribution in [2.75, 3.05) is 34.4 Å². The van der Waals surface area contributed by atoms with E-state index in [1.165, 1.54) is 6.42 Å². The molecule has 32 heavy (non-hydrogen) atoms. The number of nitrogens with zero attached hydrogens (tertiary/aromatic N) is 4. The molecular formula is C24H27N5O3.